The van der Waals surface area contributed by atoms with Gasteiger partial charge in [0.1, 0.15) is 36.3 Å². The van der Waals surface area contributed by atoms with Gasteiger partial charge >= 0.3 is 7.12 Å². The maximum atomic E-state index is 11.8. The van der Waals surface area contributed by atoms with Crippen molar-refractivity contribution in [2.75, 3.05) is 13.2 Å². The molecule has 1 saturated heterocycles. The quantitative estimate of drug-likeness (QED) is 0.0415. The average Bonchev–Trinajstić information content (AvgIpc) is 1.59. The van der Waals surface area contributed by atoms with Crippen molar-refractivity contribution in [3.8, 4) is 34.4 Å². The zero-order valence-corrected chi connectivity index (χ0v) is 54.4. The summed E-state index contributed by atoms with van der Waals surface area (Å²) in [6.45, 7) is 44.4. The number of fused-ring (bicyclic) bond motifs is 6. The van der Waals surface area contributed by atoms with Crippen molar-refractivity contribution in [2.45, 2.75) is 183 Å². The van der Waals surface area contributed by atoms with E-state index in [1.54, 1.807) is 13.8 Å². The van der Waals surface area contributed by atoms with E-state index in [0.717, 1.165) is 76.6 Å². The van der Waals surface area contributed by atoms with Gasteiger partial charge in [0.2, 0.25) is 22.8 Å². The van der Waals surface area contributed by atoms with Crippen molar-refractivity contribution in [3.63, 3.8) is 0 Å². The number of nitrogens with zero attached hydrogens (tertiary/aromatic N) is 4. The van der Waals surface area contributed by atoms with E-state index < -0.39 is 0 Å². The van der Waals surface area contributed by atoms with Crippen LogP contribution in [0.5, 0.6) is 23.3 Å². The molecule has 6 atom stereocenters. The van der Waals surface area contributed by atoms with Crippen LogP contribution in [0.4, 0.5) is 0 Å². The number of aryl methyl sites for hydroxylation is 4. The second-order valence-electron chi connectivity index (χ2n) is 26.7. The van der Waals surface area contributed by atoms with Crippen molar-refractivity contribution in [3.05, 3.63) is 180 Å². The highest BCUT2D eigenvalue weighted by Gasteiger charge is 2.59. The minimum absolute atomic E-state index is 0.203. The molecule has 6 aromatic rings. The van der Waals surface area contributed by atoms with Crippen LogP contribution in [0.15, 0.2) is 102 Å². The van der Waals surface area contributed by atoms with Crippen LogP contribution in [0.25, 0.3) is 20.8 Å². The third-order valence-electron chi connectivity index (χ3n) is 18.3. The van der Waals surface area contributed by atoms with E-state index in [9.17, 15) is 9.59 Å². The highest BCUT2D eigenvalue weighted by molar-refractivity contribution is 9.10. The maximum absolute atomic E-state index is 11.8. The molecule has 0 radical (unpaired) electrons. The lowest BCUT2D eigenvalue weighted by Crippen LogP contribution is -2.41. The largest absolute Gasteiger partial charge is 0.494 e. The Balaban J connectivity index is 0.000000164. The van der Waals surface area contributed by atoms with Crippen LogP contribution >= 0.6 is 15.9 Å². The number of hydrogen-bond acceptors (Lipinski definition) is 10. The third-order valence-corrected chi connectivity index (χ3v) is 19.5. The zero-order chi connectivity index (χ0) is 62.0. The van der Waals surface area contributed by atoms with Gasteiger partial charge in [0.25, 0.3) is 0 Å². The van der Waals surface area contributed by atoms with Gasteiger partial charge in [0, 0.05) is 81.4 Å². The fourth-order valence-corrected chi connectivity index (χ4v) is 12.9. The van der Waals surface area contributed by atoms with Gasteiger partial charge in [-0.05, 0) is 221 Å². The van der Waals surface area contributed by atoms with Crippen molar-refractivity contribution >= 4 is 40.1 Å². The predicted molar refractivity (Wildman–Crippen MR) is 343 cm³/mol. The van der Waals surface area contributed by atoms with Crippen LogP contribution < -0.4 is 24.4 Å². The minimum atomic E-state index is -0.381. The summed E-state index contributed by atoms with van der Waals surface area (Å²) >= 11 is 3.54. The van der Waals surface area contributed by atoms with Crippen LogP contribution in [0.3, 0.4) is 0 Å². The number of hydrogen-bond donors (Lipinski definition) is 0. The molecule has 2 saturated carbocycles. The van der Waals surface area contributed by atoms with Crippen molar-refractivity contribution in [2.24, 2.45) is 23.7 Å². The summed E-state index contributed by atoms with van der Waals surface area (Å²) in [6, 6.07) is 29.0. The first kappa shape index (κ1) is 63.7. The molecular formula is C72H84BBrN4O8. The molecular weight excluding hydrogens is 1140 g/mol. The molecule has 0 bridgehead atoms. The molecule has 2 aromatic heterocycles. The number of ether oxygens (including phenoxy) is 4. The molecule has 1 aliphatic heterocycles. The SMILES string of the molecule is CC(=O)[C@H]1[C@@H]2Cc3cc(OCc4cccc(B5OC(C)(C)C(C)(C)O5)c4)ncc3[C@@H]21.[C-]#[N+]C(C)(C)CCCOc1cc(C)c(-c2cccc(COc3cc4c(cn3)[C@H]3[C@@H](C4)[C@@H]3C(C)=O)c2)c(C)c1.[C-]#[N+]C(C)(C)CCCOc1cc(C)c(Br)c(C)c1. The molecule has 0 N–H and O–H groups in total. The van der Waals surface area contributed by atoms with Crippen molar-refractivity contribution < 1.29 is 37.8 Å². The van der Waals surface area contributed by atoms with Gasteiger partial charge in [-0.3, -0.25) is 9.59 Å². The molecule has 12 nitrogen and oxygen atoms in total. The van der Waals surface area contributed by atoms with Gasteiger partial charge in [0.15, 0.2) is 0 Å². The molecule has 0 unspecified atom stereocenters. The van der Waals surface area contributed by atoms with Crippen LogP contribution in [0, 0.1) is 64.5 Å². The van der Waals surface area contributed by atoms with Crippen LogP contribution in [0.1, 0.15) is 162 Å². The molecule has 4 aliphatic carbocycles. The van der Waals surface area contributed by atoms with E-state index in [4.69, 9.17) is 41.4 Å². The topological polar surface area (TPSA) is 124 Å². The summed E-state index contributed by atoms with van der Waals surface area (Å²) in [7, 11) is -0.381. The van der Waals surface area contributed by atoms with Gasteiger partial charge in [-0.15, -0.1) is 0 Å². The summed E-state index contributed by atoms with van der Waals surface area (Å²) in [5.74, 6) is 5.79. The second-order valence-corrected chi connectivity index (χ2v) is 27.5. The van der Waals surface area contributed by atoms with Gasteiger partial charge in [-0.1, -0.05) is 58.4 Å². The molecule has 0 spiro atoms. The Kier molecular flexibility index (Phi) is 19.1. The van der Waals surface area contributed by atoms with Gasteiger partial charge in [0.05, 0.1) is 24.4 Å². The summed E-state index contributed by atoms with van der Waals surface area (Å²) in [4.78, 5) is 39.8. The Hall–Kier alpha value is -6.84. The third kappa shape index (κ3) is 14.8. The molecule has 3 heterocycles. The summed E-state index contributed by atoms with van der Waals surface area (Å²) in [6.07, 6.45) is 9.18. The second kappa shape index (κ2) is 25.9. The summed E-state index contributed by atoms with van der Waals surface area (Å²) in [5.41, 5.74) is 13.9. The maximum Gasteiger partial charge on any atom is 0.494 e. The van der Waals surface area contributed by atoms with Crippen LogP contribution in [-0.2, 0) is 45.0 Å². The summed E-state index contributed by atoms with van der Waals surface area (Å²) in [5, 5.41) is 0. The lowest BCUT2D eigenvalue weighted by atomic mass is 9.78. The number of rotatable bonds is 20. The Bertz CT molecular complexity index is 3540. The van der Waals surface area contributed by atoms with Gasteiger partial charge < -0.3 is 37.9 Å². The van der Waals surface area contributed by atoms with E-state index in [0.29, 0.717) is 73.4 Å². The van der Waals surface area contributed by atoms with E-state index >= 15 is 0 Å². The highest BCUT2D eigenvalue weighted by Crippen LogP contribution is 2.62. The first-order valence-corrected chi connectivity index (χ1v) is 31.2. The number of ketones is 2. The molecule has 86 heavy (non-hydrogen) atoms. The number of carbonyl (C=O) groups is 2. The normalized spacial score (nSPS) is 20.5. The minimum Gasteiger partial charge on any atom is -0.494 e. The van der Waals surface area contributed by atoms with E-state index in [1.807, 2.05) is 76.5 Å². The fraction of sp³-hybridized carbons (Fsp3) is 0.472. The standard InChI is InChI=1S/C33H36N2O3.C24H28BNO4.C15H20BrNO/c1-20-13-26(37-12-8-11-33(4,5)34-6)14-21(2)30(20)24-10-7-9-23(15-24)19-38-29-17-25-16-27-31(22(3)36)32(27)28(25)18-35-29;1-14(27)21-18-10-16-11-20(26-12-19(16)22(18)21)28-13-15-7-6-8-17(9-15)25-29-23(2,3)24(4,5)30-25;1-11-9-13(10-12(2)14(11)16)18-8-6-7-15(3,4)17-5/h7,9-10,13-15,17-18,27,31-32H,8,11-12,16,19H2,1-5H3;6-9,11-12,18,21-22H,10,13H2,1-5H3;9-10H,6-8H2,1-4H3/t27-,31-,32+;18-,21-,22+;/m00./s1. The number of aromatic nitrogens is 2. The van der Waals surface area contributed by atoms with E-state index in [1.165, 1.54) is 50.1 Å². The van der Waals surface area contributed by atoms with Gasteiger partial charge in [-0.2, -0.15) is 0 Å². The Morgan fingerprint density at radius 2 is 1.06 bits per heavy atom. The smallest absolute Gasteiger partial charge is 0.494 e. The zero-order valence-electron chi connectivity index (χ0n) is 52.8. The fourth-order valence-electron chi connectivity index (χ4n) is 12.7. The lowest BCUT2D eigenvalue weighted by molar-refractivity contribution is -0.119. The molecule has 450 valence electrons. The molecule has 11 rings (SSSR count). The summed E-state index contributed by atoms with van der Waals surface area (Å²) < 4.78 is 37.3. The average molecular weight is 1220 g/mol. The molecule has 5 aliphatic rings. The molecule has 0 amide bonds. The number of benzene rings is 4. The molecule has 14 heteroatoms. The number of halogens is 1. The predicted octanol–water partition coefficient (Wildman–Crippen LogP) is 15.6. The van der Waals surface area contributed by atoms with Crippen LogP contribution in [0.2, 0.25) is 0 Å². The number of carbonyl (C=O) groups excluding carboxylic acids is 2. The Labute approximate surface area is 519 Å². The Morgan fingerprint density at radius 3 is 1.50 bits per heavy atom. The number of pyridine rings is 2. The van der Waals surface area contributed by atoms with Crippen LogP contribution in [-0.4, -0.2) is 64.1 Å². The lowest BCUT2D eigenvalue weighted by Gasteiger charge is -2.32. The highest BCUT2D eigenvalue weighted by atomic mass is 79.9. The monoisotopic (exact) mass is 1220 g/mol. The van der Waals surface area contributed by atoms with Gasteiger partial charge in [-0.25, -0.2) is 23.1 Å². The number of Topliss-reactive ketones (excluding diaryl/α,β-unsaturated/α-hetero) is 2. The van der Waals surface area contributed by atoms with E-state index in [-0.39, 0.29) is 41.2 Å². The first-order valence-electron chi connectivity index (χ1n) is 30.4. The molecule has 4 aromatic carbocycles. The molecule has 3 fully saturated rings. The Morgan fingerprint density at radius 1 is 0.628 bits per heavy atom. The first-order chi connectivity index (χ1) is 40.7. The van der Waals surface area contributed by atoms with Crippen molar-refractivity contribution in [1.29, 1.82) is 0 Å². The van der Waals surface area contributed by atoms with Crippen molar-refractivity contribution in [1.82, 2.24) is 9.97 Å². The van der Waals surface area contributed by atoms with E-state index in [2.05, 4.69) is 140 Å².